The number of Topliss-reactive ketones (excluding diaryl/α,β-unsaturated/α-hetero) is 1. The molecule has 0 spiro atoms. The minimum absolute atomic E-state index is 0.0705. The molecule has 0 saturated carbocycles. The molecule has 2 aromatic rings. The third-order valence-corrected chi connectivity index (χ3v) is 3.03. The van der Waals surface area contributed by atoms with Gasteiger partial charge in [-0.1, -0.05) is 42.5 Å². The van der Waals surface area contributed by atoms with Crippen molar-refractivity contribution in [1.29, 1.82) is 0 Å². The van der Waals surface area contributed by atoms with E-state index in [4.69, 9.17) is 9.47 Å². The lowest BCUT2D eigenvalue weighted by atomic mass is 10.0. The van der Waals surface area contributed by atoms with Crippen LogP contribution in [0.1, 0.15) is 17.3 Å². The number of benzene rings is 2. The number of hydrogen-bond acceptors (Lipinski definition) is 3. The largest absolute Gasteiger partial charge is 0.491 e. The SMILES string of the molecule is COCCOc1ccccc1-c1ccc(C(C)=O)cc1. The first-order chi connectivity index (χ1) is 9.72. The van der Waals surface area contributed by atoms with Gasteiger partial charge in [0.25, 0.3) is 0 Å². The van der Waals surface area contributed by atoms with Crippen LogP contribution in [0.15, 0.2) is 48.5 Å². The van der Waals surface area contributed by atoms with Gasteiger partial charge in [0, 0.05) is 18.2 Å². The molecule has 0 aliphatic carbocycles. The van der Waals surface area contributed by atoms with Crippen LogP contribution in [0.4, 0.5) is 0 Å². The van der Waals surface area contributed by atoms with Crippen molar-refractivity contribution >= 4 is 5.78 Å². The van der Waals surface area contributed by atoms with Crippen LogP contribution in [0.5, 0.6) is 5.75 Å². The van der Waals surface area contributed by atoms with Crippen molar-refractivity contribution in [1.82, 2.24) is 0 Å². The number of rotatable bonds is 6. The van der Waals surface area contributed by atoms with Gasteiger partial charge in [0.1, 0.15) is 12.4 Å². The molecule has 0 fully saturated rings. The molecule has 0 heterocycles. The van der Waals surface area contributed by atoms with E-state index >= 15 is 0 Å². The van der Waals surface area contributed by atoms with Gasteiger partial charge in [-0.15, -0.1) is 0 Å². The second kappa shape index (κ2) is 6.87. The highest BCUT2D eigenvalue weighted by molar-refractivity contribution is 5.94. The molecule has 0 bridgehead atoms. The number of methoxy groups -OCH3 is 1. The summed E-state index contributed by atoms with van der Waals surface area (Å²) in [5.41, 5.74) is 2.76. The average Bonchev–Trinajstić information content (AvgIpc) is 2.48. The molecule has 0 unspecified atom stereocenters. The molecular weight excluding hydrogens is 252 g/mol. The van der Waals surface area contributed by atoms with E-state index in [1.165, 1.54) is 0 Å². The Labute approximate surface area is 119 Å². The van der Waals surface area contributed by atoms with Crippen LogP contribution in [-0.2, 0) is 4.74 Å². The minimum Gasteiger partial charge on any atom is -0.491 e. The van der Waals surface area contributed by atoms with E-state index in [9.17, 15) is 4.79 Å². The number of ketones is 1. The maximum absolute atomic E-state index is 11.3. The van der Waals surface area contributed by atoms with Gasteiger partial charge in [0.05, 0.1) is 6.61 Å². The molecule has 3 nitrogen and oxygen atoms in total. The third-order valence-electron chi connectivity index (χ3n) is 3.03. The summed E-state index contributed by atoms with van der Waals surface area (Å²) in [6.07, 6.45) is 0. The molecule has 0 atom stereocenters. The molecule has 0 aromatic heterocycles. The number of carbonyl (C=O) groups excluding carboxylic acids is 1. The van der Waals surface area contributed by atoms with Crippen molar-refractivity contribution in [3.8, 4) is 16.9 Å². The normalized spacial score (nSPS) is 10.3. The highest BCUT2D eigenvalue weighted by Gasteiger charge is 2.06. The summed E-state index contributed by atoms with van der Waals surface area (Å²) in [5.74, 6) is 0.890. The van der Waals surface area contributed by atoms with Gasteiger partial charge in [0.15, 0.2) is 5.78 Å². The lowest BCUT2D eigenvalue weighted by molar-refractivity contribution is 0.101. The Bertz CT molecular complexity index is 573. The monoisotopic (exact) mass is 270 g/mol. The highest BCUT2D eigenvalue weighted by Crippen LogP contribution is 2.29. The van der Waals surface area contributed by atoms with Crippen LogP contribution >= 0.6 is 0 Å². The summed E-state index contributed by atoms with van der Waals surface area (Å²) in [4.78, 5) is 11.3. The van der Waals surface area contributed by atoms with Gasteiger partial charge in [-0.3, -0.25) is 4.79 Å². The molecule has 0 aliphatic rings. The molecule has 2 aromatic carbocycles. The quantitative estimate of drug-likeness (QED) is 0.594. The van der Waals surface area contributed by atoms with Crippen molar-refractivity contribution in [2.45, 2.75) is 6.92 Å². The summed E-state index contributed by atoms with van der Waals surface area (Å²) in [5, 5.41) is 0. The van der Waals surface area contributed by atoms with Crippen LogP contribution in [0, 0.1) is 0 Å². The van der Waals surface area contributed by atoms with E-state index in [2.05, 4.69) is 0 Å². The van der Waals surface area contributed by atoms with Gasteiger partial charge < -0.3 is 9.47 Å². The average molecular weight is 270 g/mol. The van der Waals surface area contributed by atoms with Gasteiger partial charge in [-0.05, 0) is 18.6 Å². The second-order valence-corrected chi connectivity index (χ2v) is 4.47. The second-order valence-electron chi connectivity index (χ2n) is 4.47. The zero-order valence-corrected chi connectivity index (χ0v) is 11.8. The lowest BCUT2D eigenvalue weighted by Crippen LogP contribution is -2.05. The summed E-state index contributed by atoms with van der Waals surface area (Å²) < 4.78 is 10.7. The van der Waals surface area contributed by atoms with Crippen LogP contribution in [0.3, 0.4) is 0 Å². The Morgan fingerprint density at radius 1 is 1.00 bits per heavy atom. The number of ether oxygens (including phenoxy) is 2. The number of hydrogen-bond donors (Lipinski definition) is 0. The third kappa shape index (κ3) is 3.45. The highest BCUT2D eigenvalue weighted by atomic mass is 16.5. The van der Waals surface area contributed by atoms with Crippen molar-refractivity contribution in [2.24, 2.45) is 0 Å². The van der Waals surface area contributed by atoms with Crippen molar-refractivity contribution in [2.75, 3.05) is 20.3 Å². The summed E-state index contributed by atoms with van der Waals surface area (Å²) >= 11 is 0. The molecule has 0 aliphatic heterocycles. The van der Waals surface area contributed by atoms with Gasteiger partial charge >= 0.3 is 0 Å². The number of para-hydroxylation sites is 1. The standard InChI is InChI=1S/C17H18O3/c1-13(18)14-7-9-15(10-8-14)16-5-3-4-6-17(16)20-12-11-19-2/h3-10H,11-12H2,1-2H3. The predicted octanol–water partition coefficient (Wildman–Crippen LogP) is 3.58. The fraction of sp³-hybridized carbons (Fsp3) is 0.235. The first kappa shape index (κ1) is 14.3. The molecule has 20 heavy (non-hydrogen) atoms. The summed E-state index contributed by atoms with van der Waals surface area (Å²) in [7, 11) is 1.65. The summed E-state index contributed by atoms with van der Waals surface area (Å²) in [6, 6.07) is 15.4. The Kier molecular flexibility index (Phi) is 4.91. The van der Waals surface area contributed by atoms with Crippen molar-refractivity contribution in [3.63, 3.8) is 0 Å². The summed E-state index contributed by atoms with van der Waals surface area (Å²) in [6.45, 7) is 2.63. The van der Waals surface area contributed by atoms with Crippen molar-refractivity contribution in [3.05, 3.63) is 54.1 Å². The zero-order chi connectivity index (χ0) is 14.4. The van der Waals surface area contributed by atoms with Gasteiger partial charge in [-0.25, -0.2) is 0 Å². The zero-order valence-electron chi connectivity index (χ0n) is 11.8. The van der Waals surface area contributed by atoms with Crippen LogP contribution in [-0.4, -0.2) is 26.1 Å². The molecule has 104 valence electrons. The van der Waals surface area contributed by atoms with Crippen LogP contribution in [0.25, 0.3) is 11.1 Å². The van der Waals surface area contributed by atoms with Gasteiger partial charge in [-0.2, -0.15) is 0 Å². The topological polar surface area (TPSA) is 35.5 Å². The fourth-order valence-electron chi connectivity index (χ4n) is 1.95. The molecule has 2 rings (SSSR count). The Morgan fingerprint density at radius 2 is 1.70 bits per heavy atom. The molecule has 3 heteroatoms. The van der Waals surface area contributed by atoms with E-state index in [0.29, 0.717) is 18.8 Å². The van der Waals surface area contributed by atoms with E-state index in [1.54, 1.807) is 14.0 Å². The predicted molar refractivity (Wildman–Crippen MR) is 79.3 cm³/mol. The smallest absolute Gasteiger partial charge is 0.159 e. The molecule has 0 N–H and O–H groups in total. The first-order valence-electron chi connectivity index (χ1n) is 6.54. The Balaban J connectivity index is 2.25. The minimum atomic E-state index is 0.0705. The molecule has 0 radical (unpaired) electrons. The molecular formula is C17H18O3. The fourth-order valence-corrected chi connectivity index (χ4v) is 1.95. The molecule has 0 amide bonds. The first-order valence-corrected chi connectivity index (χ1v) is 6.54. The van der Waals surface area contributed by atoms with Crippen molar-refractivity contribution < 1.29 is 14.3 Å². The Morgan fingerprint density at radius 3 is 2.35 bits per heavy atom. The number of carbonyl (C=O) groups is 1. The molecule has 0 saturated heterocycles. The maximum Gasteiger partial charge on any atom is 0.159 e. The lowest BCUT2D eigenvalue weighted by Gasteiger charge is -2.11. The maximum atomic E-state index is 11.3. The van der Waals surface area contributed by atoms with E-state index < -0.39 is 0 Å². The Hall–Kier alpha value is -2.13. The van der Waals surface area contributed by atoms with Gasteiger partial charge in [0.2, 0.25) is 0 Å². The van der Waals surface area contributed by atoms with E-state index in [-0.39, 0.29) is 5.78 Å². The van der Waals surface area contributed by atoms with E-state index in [0.717, 1.165) is 16.9 Å². The van der Waals surface area contributed by atoms with E-state index in [1.807, 2.05) is 48.5 Å². The van der Waals surface area contributed by atoms with Crippen LogP contribution < -0.4 is 4.74 Å². The van der Waals surface area contributed by atoms with Crippen LogP contribution in [0.2, 0.25) is 0 Å².